The molecule has 257 valence electrons. The van der Waals surface area contributed by atoms with E-state index in [0.29, 0.717) is 5.69 Å². The Morgan fingerprint density at radius 1 is 0.627 bits per heavy atom. The van der Waals surface area contributed by atoms with Crippen LogP contribution in [0.3, 0.4) is 0 Å². The molecule has 6 heteroatoms. The Morgan fingerprint density at radius 3 is 2.02 bits per heavy atom. The van der Waals surface area contributed by atoms with Gasteiger partial charge in [0.05, 0.1) is 29.5 Å². The number of nitrogens with zero attached hydrogens (tertiary/aromatic N) is 3. The molecule has 0 bridgehead atoms. The number of carbonyl (C=O) groups excluding carboxylic acids is 1. The molecule has 7 aromatic rings. The van der Waals surface area contributed by atoms with Crippen LogP contribution in [0.1, 0.15) is 27.2 Å². The predicted octanol–water partition coefficient (Wildman–Crippen LogP) is 8.59. The summed E-state index contributed by atoms with van der Waals surface area (Å²) in [6.07, 6.45) is 3.94. The van der Waals surface area contributed by atoms with Crippen molar-refractivity contribution in [3.05, 3.63) is 204 Å². The van der Waals surface area contributed by atoms with Gasteiger partial charge < -0.3 is 18.4 Å². The van der Waals surface area contributed by atoms with Crippen molar-refractivity contribution in [2.45, 2.75) is 6.92 Å². The van der Waals surface area contributed by atoms with E-state index in [0.717, 1.165) is 61.4 Å². The molecule has 5 nitrogen and oxygen atoms in total. The number of pyridine rings is 3. The van der Waals surface area contributed by atoms with E-state index >= 15 is 0 Å². The van der Waals surface area contributed by atoms with Gasteiger partial charge in [-0.2, -0.15) is 38.2 Å². The van der Waals surface area contributed by atoms with Crippen LogP contribution >= 0.6 is 0 Å². The van der Waals surface area contributed by atoms with Gasteiger partial charge in [-0.15, -0.1) is 41.0 Å². The molecule has 0 N–H and O–H groups in total. The molecule has 0 unspecified atom stereocenters. The Balaban J connectivity index is 0.000000194. The van der Waals surface area contributed by atoms with Crippen molar-refractivity contribution in [2.24, 2.45) is 0 Å². The molecule has 0 spiro atoms. The first kappa shape index (κ1) is 36.3. The van der Waals surface area contributed by atoms with Gasteiger partial charge in [0.1, 0.15) is 0 Å². The number of rotatable bonds is 5. The van der Waals surface area contributed by atoms with Gasteiger partial charge in [-0.25, -0.2) is 0 Å². The minimum absolute atomic E-state index is 0. The van der Waals surface area contributed by atoms with E-state index < -0.39 is 5.97 Å². The molecule has 1 radical (unpaired) electrons. The zero-order chi connectivity index (χ0) is 35.4. The van der Waals surface area contributed by atoms with Crippen LogP contribution in [0.15, 0.2) is 140 Å². The maximum Gasteiger partial charge on any atom is 0.313 e. The van der Waals surface area contributed by atoms with Gasteiger partial charge in [-0.3, -0.25) is 4.79 Å². The average molecular weight is 845 g/mol. The molecule has 4 aromatic carbocycles. The second-order valence-corrected chi connectivity index (χ2v) is 12.0. The van der Waals surface area contributed by atoms with Crippen molar-refractivity contribution in [1.29, 1.82) is 0 Å². The van der Waals surface area contributed by atoms with E-state index in [1.54, 1.807) is 10.6 Å². The fourth-order valence-electron chi connectivity index (χ4n) is 6.10. The first-order chi connectivity index (χ1) is 24.2. The Morgan fingerprint density at radius 2 is 1.29 bits per heavy atom. The van der Waals surface area contributed by atoms with Crippen molar-refractivity contribution >= 4 is 16.7 Å². The number of esters is 1. The molecule has 51 heavy (non-hydrogen) atoms. The van der Waals surface area contributed by atoms with E-state index in [1.807, 2.05) is 95.2 Å². The van der Waals surface area contributed by atoms with E-state index in [2.05, 4.69) is 101 Å². The summed E-state index contributed by atoms with van der Waals surface area (Å²) in [5.41, 5.74) is 11.2. The number of hydrogen-bond donors (Lipinski definition) is 0. The van der Waals surface area contributed by atoms with E-state index in [9.17, 15) is 4.79 Å². The van der Waals surface area contributed by atoms with Crippen molar-refractivity contribution in [3.63, 3.8) is 0 Å². The number of hydrogen-bond acceptors (Lipinski definition) is 2. The molecular formula is C45H38IrN3O2-3. The number of benzene rings is 4. The SMILES string of the molecule is [CH2-]OC(=O)c1cc(-c2ccc(C)cc2)cc(-c2ccccc2[CH2-])[n+]1[CH2-].[CH2-]c1c(-c2cccc[n+]2[CH2-])cccc1-c1c2ccccc2cc[n+]1[CH2-].[Ir]. The second-order valence-electron chi connectivity index (χ2n) is 12.0. The minimum Gasteiger partial charge on any atom is -0.642 e. The smallest absolute Gasteiger partial charge is 0.313 e. The molecule has 0 aliphatic carbocycles. The molecule has 0 saturated heterocycles. The van der Waals surface area contributed by atoms with Crippen LogP contribution in [-0.4, -0.2) is 5.97 Å². The monoisotopic (exact) mass is 845 g/mol. The van der Waals surface area contributed by atoms with E-state index in [-0.39, 0.29) is 20.1 Å². The molecule has 0 aliphatic rings. The summed E-state index contributed by atoms with van der Waals surface area (Å²) in [6, 6.07) is 42.4. The topological polar surface area (TPSA) is 37.9 Å². The van der Waals surface area contributed by atoms with Gasteiger partial charge in [0.25, 0.3) is 0 Å². The zero-order valence-electron chi connectivity index (χ0n) is 28.5. The average Bonchev–Trinajstić information content (AvgIpc) is 3.13. The van der Waals surface area contributed by atoms with Gasteiger partial charge in [0.2, 0.25) is 0 Å². The molecule has 0 amide bonds. The van der Waals surface area contributed by atoms with Crippen LogP contribution in [-0.2, 0) is 24.8 Å². The maximum absolute atomic E-state index is 12.2. The van der Waals surface area contributed by atoms with Crippen molar-refractivity contribution in [3.8, 4) is 44.9 Å². The summed E-state index contributed by atoms with van der Waals surface area (Å²) < 4.78 is 10.0. The summed E-state index contributed by atoms with van der Waals surface area (Å²) in [7, 11) is 15.5. The van der Waals surface area contributed by atoms with Crippen LogP contribution in [0.5, 0.6) is 0 Å². The Hall–Kier alpha value is -5.94. The minimum atomic E-state index is -0.535. The largest absolute Gasteiger partial charge is 0.642 e. The van der Waals surface area contributed by atoms with Gasteiger partial charge in [0, 0.05) is 41.2 Å². The quantitative estimate of drug-likeness (QED) is 0.0990. The van der Waals surface area contributed by atoms with Crippen LogP contribution in [0.4, 0.5) is 0 Å². The number of aryl methyl sites for hydroxylation is 1. The second kappa shape index (κ2) is 15.7. The fraction of sp³-hybridized carbons (Fsp3) is 0.0222. The van der Waals surface area contributed by atoms with Crippen molar-refractivity contribution in [1.82, 2.24) is 0 Å². The van der Waals surface area contributed by atoms with Crippen molar-refractivity contribution < 1.29 is 43.3 Å². The fourth-order valence-corrected chi connectivity index (χ4v) is 6.10. The standard InChI is InChI=1S/C23H19N2.C22H19NO2.Ir/c1-17-19(22-13-6-7-15-24(22)2)11-8-12-20(17)23-21-10-5-4-9-18(21)14-16-25(23)3;1-15-9-11-17(12-10-15)18-13-20(19-8-6-5-7-16(19)2)23(3)21(14-18)22(24)25-4;/h4-16H,1-3H2;5-14H,2-4H2,1H3;/q-1;-2;. The van der Waals surface area contributed by atoms with Gasteiger partial charge in [-0.05, 0) is 41.0 Å². The molecule has 0 saturated carbocycles. The number of fused-ring (bicyclic) bond motifs is 1. The molecule has 0 fully saturated rings. The van der Waals surface area contributed by atoms with Crippen LogP contribution in [0.25, 0.3) is 55.7 Å². The number of ether oxygens (including phenoxy) is 1. The number of aromatic nitrogens is 3. The summed E-state index contributed by atoms with van der Waals surface area (Å²) in [6.45, 7) is 10.5. The molecule has 0 atom stereocenters. The summed E-state index contributed by atoms with van der Waals surface area (Å²) in [5.74, 6) is -0.535. The predicted molar refractivity (Wildman–Crippen MR) is 199 cm³/mol. The van der Waals surface area contributed by atoms with Gasteiger partial charge in [-0.1, -0.05) is 90.5 Å². The van der Waals surface area contributed by atoms with Crippen LogP contribution in [0, 0.1) is 49.0 Å². The molecule has 3 aromatic heterocycles. The summed E-state index contributed by atoms with van der Waals surface area (Å²) in [5, 5.41) is 2.35. The first-order valence-corrected chi connectivity index (χ1v) is 16.0. The van der Waals surface area contributed by atoms with Crippen LogP contribution < -0.4 is 13.7 Å². The summed E-state index contributed by atoms with van der Waals surface area (Å²) in [4.78, 5) is 12.2. The van der Waals surface area contributed by atoms with Crippen LogP contribution in [0.2, 0.25) is 0 Å². The molecule has 3 heterocycles. The molecular weight excluding hydrogens is 807 g/mol. The van der Waals surface area contributed by atoms with E-state index in [4.69, 9.17) is 0 Å². The molecule has 7 rings (SSSR count). The van der Waals surface area contributed by atoms with E-state index in [1.165, 1.54) is 10.9 Å². The Bertz CT molecular complexity index is 2350. The Kier molecular flexibility index (Phi) is 11.2. The zero-order valence-corrected chi connectivity index (χ0v) is 30.9. The third-order valence-corrected chi connectivity index (χ3v) is 8.77. The Labute approximate surface area is 314 Å². The number of carbonyl (C=O) groups is 1. The molecule has 0 aliphatic heterocycles. The van der Waals surface area contributed by atoms with Gasteiger partial charge in [0.15, 0.2) is 5.69 Å². The first-order valence-electron chi connectivity index (χ1n) is 16.0. The summed E-state index contributed by atoms with van der Waals surface area (Å²) >= 11 is 0. The third kappa shape index (κ3) is 7.48. The van der Waals surface area contributed by atoms with Gasteiger partial charge >= 0.3 is 5.97 Å². The third-order valence-electron chi connectivity index (χ3n) is 8.77. The maximum atomic E-state index is 12.2. The normalized spacial score (nSPS) is 10.5. The van der Waals surface area contributed by atoms with Crippen molar-refractivity contribution in [2.75, 3.05) is 0 Å².